The predicted molar refractivity (Wildman–Crippen MR) is 104 cm³/mol. The largest absolute Gasteiger partial charge is 0.391 e. The fourth-order valence-corrected chi connectivity index (χ4v) is 4.21. The molecule has 0 aliphatic heterocycles. The molecule has 32 heavy (non-hydrogen) atoms. The molecule has 0 aliphatic carbocycles. The van der Waals surface area contributed by atoms with Crippen LogP contribution < -0.4 is 10.0 Å². The molecule has 1 atom stereocenters. The number of rotatable bonds is 7. The number of hydrogen-bond acceptors (Lipinski definition) is 4. The number of carbonyl (C=O) groups is 1. The van der Waals surface area contributed by atoms with Crippen LogP contribution in [0.1, 0.15) is 35.1 Å². The summed E-state index contributed by atoms with van der Waals surface area (Å²) in [5, 5.41) is 11.1. The summed E-state index contributed by atoms with van der Waals surface area (Å²) in [7, 11) is -3.35. The summed E-state index contributed by atoms with van der Waals surface area (Å²) >= 11 is 0. The van der Waals surface area contributed by atoms with Crippen LogP contribution in [-0.4, -0.2) is 31.6 Å². The van der Waals surface area contributed by atoms with Gasteiger partial charge in [-0.25, -0.2) is 21.9 Å². The molecule has 2 aromatic rings. The molecule has 1 aromatic carbocycles. The lowest BCUT2D eigenvalue weighted by Crippen LogP contribution is -2.30. The number of alkyl halides is 3. The minimum absolute atomic E-state index is 0.0325. The van der Waals surface area contributed by atoms with Crippen LogP contribution >= 0.6 is 0 Å². The summed E-state index contributed by atoms with van der Waals surface area (Å²) in [6.45, 7) is 1.52. The molecule has 2 rings (SSSR count). The SMILES string of the molecule is Cc1c(S(=O)(=O)NCC[C@H](C)C(F)(F)F)c(F)c(C(=O)Nc2ccc(F)c(C#N)c2)n1C. The van der Waals surface area contributed by atoms with Gasteiger partial charge in [0.15, 0.2) is 5.82 Å². The van der Waals surface area contributed by atoms with Gasteiger partial charge in [0.1, 0.15) is 22.5 Å². The Bertz CT molecular complexity index is 1180. The Labute approximate surface area is 180 Å². The number of hydrogen-bond donors (Lipinski definition) is 2. The van der Waals surface area contributed by atoms with Crippen LogP contribution in [0.15, 0.2) is 23.1 Å². The van der Waals surface area contributed by atoms with E-state index in [0.29, 0.717) is 0 Å². The fraction of sp³-hybridized carbons (Fsp3) is 0.368. The Morgan fingerprint density at radius 3 is 2.47 bits per heavy atom. The number of carbonyl (C=O) groups excluding carboxylic acids is 1. The Morgan fingerprint density at radius 1 is 1.28 bits per heavy atom. The first-order valence-electron chi connectivity index (χ1n) is 9.12. The van der Waals surface area contributed by atoms with Gasteiger partial charge in [-0.1, -0.05) is 6.92 Å². The van der Waals surface area contributed by atoms with Gasteiger partial charge in [-0.2, -0.15) is 18.4 Å². The number of nitrogens with zero attached hydrogens (tertiary/aromatic N) is 2. The molecule has 2 N–H and O–H groups in total. The minimum atomic E-state index is -4.57. The number of amides is 1. The third-order valence-corrected chi connectivity index (χ3v) is 6.43. The van der Waals surface area contributed by atoms with Gasteiger partial charge in [-0.3, -0.25) is 4.79 Å². The lowest BCUT2D eigenvalue weighted by Gasteiger charge is -2.15. The van der Waals surface area contributed by atoms with Gasteiger partial charge in [0.25, 0.3) is 5.91 Å². The van der Waals surface area contributed by atoms with Crippen molar-refractivity contribution in [2.75, 3.05) is 11.9 Å². The van der Waals surface area contributed by atoms with Crippen LogP contribution in [0.4, 0.5) is 27.6 Å². The molecule has 0 radical (unpaired) electrons. The van der Waals surface area contributed by atoms with Gasteiger partial charge in [0, 0.05) is 25.0 Å². The second-order valence-electron chi connectivity index (χ2n) is 7.03. The number of aromatic nitrogens is 1. The highest BCUT2D eigenvalue weighted by Gasteiger charge is 2.36. The molecule has 0 saturated carbocycles. The van der Waals surface area contributed by atoms with E-state index in [-0.39, 0.29) is 16.9 Å². The fourth-order valence-electron chi connectivity index (χ4n) is 2.82. The van der Waals surface area contributed by atoms with E-state index in [1.165, 1.54) is 14.0 Å². The maximum absolute atomic E-state index is 15.0. The Balaban J connectivity index is 2.30. The van der Waals surface area contributed by atoms with Crippen LogP contribution in [0.25, 0.3) is 0 Å². The number of sulfonamides is 1. The van der Waals surface area contributed by atoms with E-state index >= 15 is 0 Å². The third kappa shape index (κ3) is 5.25. The number of nitriles is 1. The van der Waals surface area contributed by atoms with Gasteiger partial charge in [0.05, 0.1) is 11.5 Å². The Kier molecular flexibility index (Phi) is 7.31. The number of anilines is 1. The molecule has 7 nitrogen and oxygen atoms in total. The molecule has 0 unspecified atom stereocenters. The third-order valence-electron chi connectivity index (χ3n) is 4.83. The predicted octanol–water partition coefficient (Wildman–Crippen LogP) is 3.60. The van der Waals surface area contributed by atoms with Crippen molar-refractivity contribution in [2.45, 2.75) is 31.3 Å². The van der Waals surface area contributed by atoms with Crippen LogP contribution in [0.5, 0.6) is 0 Å². The molecule has 1 heterocycles. The van der Waals surface area contributed by atoms with E-state index in [4.69, 9.17) is 5.26 Å². The van der Waals surface area contributed by atoms with Crippen molar-refractivity contribution in [3.8, 4) is 6.07 Å². The highest BCUT2D eigenvalue weighted by atomic mass is 32.2. The summed E-state index contributed by atoms with van der Waals surface area (Å²) in [4.78, 5) is 11.7. The van der Waals surface area contributed by atoms with Crippen molar-refractivity contribution in [3.63, 3.8) is 0 Å². The minimum Gasteiger partial charge on any atom is -0.340 e. The zero-order valence-electron chi connectivity index (χ0n) is 17.1. The lowest BCUT2D eigenvalue weighted by molar-refractivity contribution is -0.170. The Hall–Kier alpha value is -2.98. The number of halogens is 5. The molecule has 0 bridgehead atoms. The van der Waals surface area contributed by atoms with Crippen LogP contribution in [-0.2, 0) is 17.1 Å². The summed E-state index contributed by atoms with van der Waals surface area (Å²) in [5.74, 6) is -5.08. The lowest BCUT2D eigenvalue weighted by atomic mass is 10.1. The van der Waals surface area contributed by atoms with E-state index in [1.54, 1.807) is 6.07 Å². The first kappa shape index (κ1) is 25.3. The molecular formula is C19H19F5N4O3S. The second-order valence-corrected chi connectivity index (χ2v) is 8.73. The summed E-state index contributed by atoms with van der Waals surface area (Å²) in [6.07, 6.45) is -5.06. The van der Waals surface area contributed by atoms with Gasteiger partial charge >= 0.3 is 6.18 Å². The quantitative estimate of drug-likeness (QED) is 0.594. The highest BCUT2D eigenvalue weighted by molar-refractivity contribution is 7.89. The first-order chi connectivity index (χ1) is 14.7. The van der Waals surface area contributed by atoms with E-state index in [2.05, 4.69) is 5.32 Å². The molecule has 0 aliphatic rings. The van der Waals surface area contributed by atoms with Gasteiger partial charge in [-0.15, -0.1) is 0 Å². The standard InChI is InChI=1S/C19H19F5N4O3S/c1-10(19(22,23)24)6-7-26-32(30,31)17-11(2)28(3)16(15(17)21)18(29)27-13-4-5-14(20)12(8-13)9-25/h4-5,8,10,26H,6-7H2,1-3H3,(H,27,29)/t10-/m0/s1. The molecular weight excluding hydrogens is 459 g/mol. The Morgan fingerprint density at radius 2 is 1.91 bits per heavy atom. The van der Waals surface area contributed by atoms with Crippen molar-refractivity contribution in [1.29, 1.82) is 5.26 Å². The van der Waals surface area contributed by atoms with E-state index in [0.717, 1.165) is 29.7 Å². The molecule has 0 spiro atoms. The van der Waals surface area contributed by atoms with Crippen molar-refractivity contribution in [3.05, 3.63) is 46.8 Å². The topological polar surface area (TPSA) is 104 Å². The number of nitrogens with one attached hydrogen (secondary N) is 2. The highest BCUT2D eigenvalue weighted by Crippen LogP contribution is 2.29. The van der Waals surface area contributed by atoms with Crippen LogP contribution in [0.3, 0.4) is 0 Å². The van der Waals surface area contributed by atoms with Gasteiger partial charge < -0.3 is 9.88 Å². The monoisotopic (exact) mass is 478 g/mol. The van der Waals surface area contributed by atoms with E-state index in [1.807, 2.05) is 4.72 Å². The van der Waals surface area contributed by atoms with Crippen molar-refractivity contribution in [1.82, 2.24) is 9.29 Å². The average Bonchev–Trinajstić information content (AvgIpc) is 2.91. The smallest absolute Gasteiger partial charge is 0.340 e. The zero-order valence-corrected chi connectivity index (χ0v) is 18.0. The maximum atomic E-state index is 15.0. The summed E-state index contributed by atoms with van der Waals surface area (Å²) in [6, 6.07) is 4.64. The van der Waals surface area contributed by atoms with Crippen molar-refractivity contribution < 1.29 is 35.2 Å². The van der Waals surface area contributed by atoms with Gasteiger partial charge in [-0.05, 0) is 31.5 Å². The van der Waals surface area contributed by atoms with Crippen LogP contribution in [0, 0.1) is 35.8 Å². The van der Waals surface area contributed by atoms with Crippen molar-refractivity contribution in [2.24, 2.45) is 13.0 Å². The summed E-state index contributed by atoms with van der Waals surface area (Å²) in [5.41, 5.74) is -1.24. The molecule has 0 fully saturated rings. The zero-order chi connectivity index (χ0) is 24.4. The summed E-state index contributed by atoms with van der Waals surface area (Å²) < 4.78 is 94.1. The molecule has 13 heteroatoms. The van der Waals surface area contributed by atoms with Gasteiger partial charge in [0.2, 0.25) is 10.0 Å². The van der Waals surface area contributed by atoms with Crippen LogP contribution in [0.2, 0.25) is 0 Å². The molecule has 1 aromatic heterocycles. The first-order valence-corrected chi connectivity index (χ1v) is 10.6. The van der Waals surface area contributed by atoms with E-state index < -0.39 is 63.2 Å². The number of benzene rings is 1. The molecule has 0 saturated heterocycles. The molecule has 174 valence electrons. The second kappa shape index (κ2) is 9.25. The van der Waals surface area contributed by atoms with Crippen molar-refractivity contribution >= 4 is 21.6 Å². The maximum Gasteiger partial charge on any atom is 0.391 e. The molecule has 1 amide bonds. The average molecular weight is 478 g/mol. The normalized spacial score (nSPS) is 13.0. The van der Waals surface area contributed by atoms with E-state index in [9.17, 15) is 35.2 Å².